The first kappa shape index (κ1) is 9.92. The van der Waals surface area contributed by atoms with Gasteiger partial charge in [-0.2, -0.15) is 0 Å². The van der Waals surface area contributed by atoms with Gasteiger partial charge in [0.15, 0.2) is 0 Å². The summed E-state index contributed by atoms with van der Waals surface area (Å²) in [4.78, 5) is 15.5. The predicted octanol–water partition coefficient (Wildman–Crippen LogP) is 0.472. The van der Waals surface area contributed by atoms with Crippen molar-refractivity contribution in [1.82, 2.24) is 4.98 Å². The average Bonchev–Trinajstić information content (AvgIpc) is 2.54. The van der Waals surface area contributed by atoms with Crippen molar-refractivity contribution < 1.29 is 14.6 Å². The van der Waals surface area contributed by atoms with Gasteiger partial charge in [-0.1, -0.05) is 0 Å². The highest BCUT2D eigenvalue weighted by Gasteiger charge is 2.37. The summed E-state index contributed by atoms with van der Waals surface area (Å²) in [5.41, 5.74) is 1.42. The minimum Gasteiger partial charge on any atom is -0.465 e. The number of aliphatic hydroxyl groups is 1. The van der Waals surface area contributed by atoms with Crippen LogP contribution in [0.2, 0.25) is 0 Å². The SMILES string of the molecule is CCOC(=O)[C@@H]1c2ccncc2N[C@H]1O. The van der Waals surface area contributed by atoms with Gasteiger partial charge in [0.25, 0.3) is 0 Å². The molecule has 1 aliphatic rings. The first-order valence-electron chi connectivity index (χ1n) is 4.79. The molecule has 2 N–H and O–H groups in total. The summed E-state index contributed by atoms with van der Waals surface area (Å²) in [6.45, 7) is 2.04. The van der Waals surface area contributed by atoms with Crippen LogP contribution >= 0.6 is 0 Å². The average molecular weight is 208 g/mol. The Balaban J connectivity index is 2.29. The first-order valence-corrected chi connectivity index (χ1v) is 4.79. The second-order valence-corrected chi connectivity index (χ2v) is 3.28. The molecule has 2 atom stereocenters. The van der Waals surface area contributed by atoms with Gasteiger partial charge in [-0.3, -0.25) is 9.78 Å². The zero-order chi connectivity index (χ0) is 10.8. The molecule has 0 unspecified atom stereocenters. The third kappa shape index (κ3) is 1.66. The van der Waals surface area contributed by atoms with Crippen LogP contribution in [0.15, 0.2) is 18.5 Å². The van der Waals surface area contributed by atoms with Crippen molar-refractivity contribution in [3.05, 3.63) is 24.0 Å². The number of pyridine rings is 1. The van der Waals surface area contributed by atoms with Crippen molar-refractivity contribution in [2.24, 2.45) is 0 Å². The molecule has 0 amide bonds. The number of fused-ring (bicyclic) bond motifs is 1. The molecule has 1 aliphatic heterocycles. The van der Waals surface area contributed by atoms with E-state index < -0.39 is 18.1 Å². The number of rotatable bonds is 2. The molecule has 15 heavy (non-hydrogen) atoms. The van der Waals surface area contributed by atoms with E-state index in [1.807, 2.05) is 0 Å². The van der Waals surface area contributed by atoms with Crippen LogP contribution < -0.4 is 5.32 Å². The lowest BCUT2D eigenvalue weighted by Gasteiger charge is -2.13. The number of ether oxygens (including phenoxy) is 1. The van der Waals surface area contributed by atoms with Crippen LogP contribution in [0.5, 0.6) is 0 Å². The lowest BCUT2D eigenvalue weighted by atomic mass is 10.0. The van der Waals surface area contributed by atoms with Crippen LogP contribution in [0.4, 0.5) is 5.69 Å². The smallest absolute Gasteiger partial charge is 0.318 e. The number of esters is 1. The Labute approximate surface area is 87.1 Å². The zero-order valence-corrected chi connectivity index (χ0v) is 8.30. The molecule has 1 aromatic heterocycles. The van der Waals surface area contributed by atoms with E-state index in [9.17, 15) is 9.90 Å². The topological polar surface area (TPSA) is 71.5 Å². The number of aromatic nitrogens is 1. The lowest BCUT2D eigenvalue weighted by molar-refractivity contribution is -0.147. The highest BCUT2D eigenvalue weighted by Crippen LogP contribution is 2.34. The summed E-state index contributed by atoms with van der Waals surface area (Å²) < 4.78 is 4.89. The Bertz CT molecular complexity index is 381. The van der Waals surface area contributed by atoms with Crippen LogP contribution in [0.1, 0.15) is 18.4 Å². The molecular weight excluding hydrogens is 196 g/mol. The van der Waals surface area contributed by atoms with Gasteiger partial charge in [-0.05, 0) is 18.6 Å². The molecule has 0 aromatic carbocycles. The molecular formula is C10H12N2O3. The molecule has 1 aromatic rings. The molecule has 0 aliphatic carbocycles. The first-order chi connectivity index (χ1) is 7.24. The quantitative estimate of drug-likeness (QED) is 0.691. The summed E-state index contributed by atoms with van der Waals surface area (Å²) in [5.74, 6) is -1.06. The zero-order valence-electron chi connectivity index (χ0n) is 8.30. The molecule has 2 rings (SSSR count). The Morgan fingerprint density at radius 1 is 1.73 bits per heavy atom. The van der Waals surface area contributed by atoms with Crippen molar-refractivity contribution >= 4 is 11.7 Å². The normalized spacial score (nSPS) is 23.1. The van der Waals surface area contributed by atoms with Gasteiger partial charge in [-0.15, -0.1) is 0 Å². The summed E-state index contributed by atoms with van der Waals surface area (Å²) >= 11 is 0. The largest absolute Gasteiger partial charge is 0.465 e. The van der Waals surface area contributed by atoms with Crippen molar-refractivity contribution in [1.29, 1.82) is 0 Å². The number of carbonyl (C=O) groups excluding carboxylic acids is 1. The van der Waals surface area contributed by atoms with Crippen LogP contribution in [0.25, 0.3) is 0 Å². The van der Waals surface area contributed by atoms with E-state index in [0.717, 1.165) is 5.56 Å². The van der Waals surface area contributed by atoms with Gasteiger partial charge in [0.1, 0.15) is 12.1 Å². The second kappa shape index (κ2) is 3.86. The van der Waals surface area contributed by atoms with E-state index in [2.05, 4.69) is 10.3 Å². The summed E-state index contributed by atoms with van der Waals surface area (Å²) in [6, 6.07) is 1.71. The fourth-order valence-electron chi connectivity index (χ4n) is 1.70. The van der Waals surface area contributed by atoms with E-state index >= 15 is 0 Å². The third-order valence-electron chi connectivity index (χ3n) is 2.35. The number of aliphatic hydroxyl groups excluding tert-OH is 1. The van der Waals surface area contributed by atoms with Gasteiger partial charge in [0, 0.05) is 6.20 Å². The molecule has 0 saturated heterocycles. The van der Waals surface area contributed by atoms with Crippen LogP contribution in [-0.2, 0) is 9.53 Å². The maximum absolute atomic E-state index is 11.6. The Morgan fingerprint density at radius 2 is 2.53 bits per heavy atom. The molecule has 0 saturated carbocycles. The predicted molar refractivity (Wildman–Crippen MR) is 53.2 cm³/mol. The number of nitrogens with one attached hydrogen (secondary N) is 1. The van der Waals surface area contributed by atoms with E-state index in [0.29, 0.717) is 12.3 Å². The summed E-state index contributed by atoms with van der Waals surface area (Å²) in [5, 5.41) is 12.4. The minimum atomic E-state index is -0.928. The van der Waals surface area contributed by atoms with Gasteiger partial charge in [0.05, 0.1) is 18.5 Å². The Hall–Kier alpha value is -1.62. The standard InChI is InChI=1S/C10H12N2O3/c1-2-15-10(14)8-6-3-4-11-5-7(6)12-9(8)13/h3-5,8-9,12-13H,2H2,1H3/t8-,9+/m1/s1. The van der Waals surface area contributed by atoms with Crippen molar-refractivity contribution in [2.45, 2.75) is 19.1 Å². The maximum atomic E-state index is 11.6. The summed E-state index contributed by atoms with van der Waals surface area (Å²) in [7, 11) is 0. The summed E-state index contributed by atoms with van der Waals surface area (Å²) in [6.07, 6.45) is 2.24. The van der Waals surface area contributed by atoms with Gasteiger partial charge in [-0.25, -0.2) is 0 Å². The fourth-order valence-corrected chi connectivity index (χ4v) is 1.70. The Kier molecular flexibility index (Phi) is 2.55. The maximum Gasteiger partial charge on any atom is 0.318 e. The van der Waals surface area contributed by atoms with Crippen LogP contribution in [0, 0.1) is 0 Å². The van der Waals surface area contributed by atoms with Crippen LogP contribution in [0.3, 0.4) is 0 Å². The highest BCUT2D eigenvalue weighted by atomic mass is 16.5. The van der Waals surface area contributed by atoms with Crippen LogP contribution in [-0.4, -0.2) is 28.9 Å². The molecule has 2 heterocycles. The number of hydrogen-bond donors (Lipinski definition) is 2. The number of hydrogen-bond acceptors (Lipinski definition) is 5. The monoisotopic (exact) mass is 208 g/mol. The van der Waals surface area contributed by atoms with Crippen molar-refractivity contribution in [2.75, 3.05) is 11.9 Å². The molecule has 0 radical (unpaired) electrons. The molecule has 5 nitrogen and oxygen atoms in total. The Morgan fingerprint density at radius 3 is 3.27 bits per heavy atom. The molecule has 0 fully saturated rings. The van der Waals surface area contributed by atoms with E-state index in [1.165, 1.54) is 0 Å². The molecule has 0 spiro atoms. The minimum absolute atomic E-state index is 0.308. The van der Waals surface area contributed by atoms with Gasteiger partial charge < -0.3 is 15.2 Å². The molecule has 0 bridgehead atoms. The van der Waals surface area contributed by atoms with Gasteiger partial charge >= 0.3 is 5.97 Å². The second-order valence-electron chi connectivity index (χ2n) is 3.28. The lowest BCUT2D eigenvalue weighted by Crippen LogP contribution is -2.27. The van der Waals surface area contributed by atoms with E-state index in [1.54, 1.807) is 25.4 Å². The number of anilines is 1. The van der Waals surface area contributed by atoms with Gasteiger partial charge in [0.2, 0.25) is 0 Å². The number of carbonyl (C=O) groups is 1. The molecule has 80 valence electrons. The van der Waals surface area contributed by atoms with Crippen molar-refractivity contribution in [3.63, 3.8) is 0 Å². The third-order valence-corrected chi connectivity index (χ3v) is 2.35. The number of nitrogens with zero attached hydrogens (tertiary/aromatic N) is 1. The van der Waals surface area contributed by atoms with Crippen molar-refractivity contribution in [3.8, 4) is 0 Å². The van der Waals surface area contributed by atoms with E-state index in [-0.39, 0.29) is 0 Å². The highest BCUT2D eigenvalue weighted by molar-refractivity contribution is 5.84. The molecule has 5 heteroatoms. The van der Waals surface area contributed by atoms with E-state index in [4.69, 9.17) is 4.74 Å². The fraction of sp³-hybridized carbons (Fsp3) is 0.400.